The molecule has 1 N–H and O–H groups in total. The quantitative estimate of drug-likeness (QED) is 0.920. The molecule has 0 bridgehead atoms. The third-order valence-corrected chi connectivity index (χ3v) is 3.09. The van der Waals surface area contributed by atoms with E-state index in [2.05, 4.69) is 4.98 Å². The van der Waals surface area contributed by atoms with E-state index in [4.69, 9.17) is 9.84 Å². The molecule has 0 aliphatic heterocycles. The number of carboxylic acids is 1. The molecule has 0 amide bonds. The maximum Gasteiger partial charge on any atom is 0.372 e. The van der Waals surface area contributed by atoms with Gasteiger partial charge in [-0.25, -0.2) is 9.78 Å². The van der Waals surface area contributed by atoms with E-state index in [9.17, 15) is 4.79 Å². The molecular weight excluding hydrogens is 244 g/mol. The molecule has 0 unspecified atom stereocenters. The zero-order valence-corrected chi connectivity index (χ0v) is 11.4. The normalized spacial score (nSPS) is 10.5. The molecule has 2 aromatic rings. The summed E-state index contributed by atoms with van der Waals surface area (Å²) in [6.07, 6.45) is 1.72. The fourth-order valence-corrected chi connectivity index (χ4v) is 2.08. The lowest BCUT2D eigenvalue weighted by Gasteiger charge is -2.09. The molecule has 2 rings (SSSR count). The Balaban J connectivity index is 2.56. The van der Waals surface area contributed by atoms with Crippen LogP contribution < -0.4 is 4.74 Å². The van der Waals surface area contributed by atoms with E-state index in [0.717, 1.165) is 22.4 Å². The van der Waals surface area contributed by atoms with Crippen molar-refractivity contribution >= 4 is 5.97 Å². The molecule has 0 fully saturated rings. The fraction of sp³-hybridized carbons (Fsp3) is 0.286. The first-order chi connectivity index (χ1) is 8.93. The third-order valence-electron chi connectivity index (χ3n) is 3.09. The average Bonchev–Trinajstić information content (AvgIpc) is 2.73. The summed E-state index contributed by atoms with van der Waals surface area (Å²) in [5.74, 6) is -0.185. The van der Waals surface area contributed by atoms with E-state index in [1.54, 1.807) is 20.4 Å². The first kappa shape index (κ1) is 13.1. The van der Waals surface area contributed by atoms with Crippen LogP contribution in [0.1, 0.15) is 21.7 Å². The Kier molecular flexibility index (Phi) is 3.29. The first-order valence-electron chi connectivity index (χ1n) is 5.86. The zero-order chi connectivity index (χ0) is 14.2. The molecule has 100 valence electrons. The molecule has 1 heterocycles. The molecule has 0 aliphatic rings. The molecule has 5 nitrogen and oxygen atoms in total. The summed E-state index contributed by atoms with van der Waals surface area (Å²) in [6, 6.07) is 3.89. The van der Waals surface area contributed by atoms with Crippen molar-refractivity contribution in [3.63, 3.8) is 0 Å². The van der Waals surface area contributed by atoms with Gasteiger partial charge in [0.15, 0.2) is 0 Å². The van der Waals surface area contributed by atoms with Gasteiger partial charge in [-0.2, -0.15) is 0 Å². The van der Waals surface area contributed by atoms with E-state index in [-0.39, 0.29) is 5.82 Å². The van der Waals surface area contributed by atoms with Gasteiger partial charge < -0.3 is 14.4 Å². The van der Waals surface area contributed by atoms with Crippen molar-refractivity contribution in [2.75, 3.05) is 7.11 Å². The largest absolute Gasteiger partial charge is 0.496 e. The average molecular weight is 260 g/mol. The van der Waals surface area contributed by atoms with Gasteiger partial charge in [-0.05, 0) is 37.1 Å². The molecule has 0 spiro atoms. The summed E-state index contributed by atoms with van der Waals surface area (Å²) in [4.78, 5) is 15.2. The summed E-state index contributed by atoms with van der Waals surface area (Å²) in [5.41, 5.74) is 3.56. The van der Waals surface area contributed by atoms with Gasteiger partial charge in [-0.15, -0.1) is 0 Å². The van der Waals surface area contributed by atoms with Gasteiger partial charge in [0.1, 0.15) is 5.75 Å². The van der Waals surface area contributed by atoms with Crippen molar-refractivity contribution in [3.05, 3.63) is 35.3 Å². The molecule has 1 aromatic heterocycles. The predicted molar refractivity (Wildman–Crippen MR) is 71.6 cm³/mol. The number of nitrogens with zero attached hydrogens (tertiary/aromatic N) is 2. The van der Waals surface area contributed by atoms with Crippen LogP contribution in [0.25, 0.3) is 11.3 Å². The highest BCUT2D eigenvalue weighted by molar-refractivity contribution is 5.85. The molecule has 19 heavy (non-hydrogen) atoms. The smallest absolute Gasteiger partial charge is 0.372 e. The highest BCUT2D eigenvalue weighted by Crippen LogP contribution is 2.29. The van der Waals surface area contributed by atoms with Crippen LogP contribution in [0, 0.1) is 13.8 Å². The van der Waals surface area contributed by atoms with Crippen LogP contribution in [0.5, 0.6) is 5.75 Å². The Labute approximate surface area is 111 Å². The number of benzene rings is 1. The lowest BCUT2D eigenvalue weighted by atomic mass is 10.0. The zero-order valence-electron chi connectivity index (χ0n) is 11.4. The van der Waals surface area contributed by atoms with Crippen LogP contribution in [-0.4, -0.2) is 27.7 Å². The Morgan fingerprint density at radius 2 is 2.00 bits per heavy atom. The maximum atomic E-state index is 11.0. The second-order valence-electron chi connectivity index (χ2n) is 4.50. The van der Waals surface area contributed by atoms with Crippen molar-refractivity contribution in [1.82, 2.24) is 9.55 Å². The standard InChI is InChI=1S/C14H16N2O3/c1-8-6-12(19-4)9(2)5-10(8)11-7-16(3)13(15-11)14(17)18/h5-7H,1-4H3,(H,17,18). The highest BCUT2D eigenvalue weighted by Gasteiger charge is 2.15. The number of carbonyl (C=O) groups is 1. The van der Waals surface area contributed by atoms with Gasteiger partial charge in [-0.3, -0.25) is 0 Å². The van der Waals surface area contributed by atoms with Crippen molar-refractivity contribution < 1.29 is 14.6 Å². The summed E-state index contributed by atoms with van der Waals surface area (Å²) in [7, 11) is 3.30. The Morgan fingerprint density at radius 1 is 1.32 bits per heavy atom. The topological polar surface area (TPSA) is 64.3 Å². The summed E-state index contributed by atoms with van der Waals surface area (Å²) in [5, 5.41) is 9.03. The predicted octanol–water partition coefficient (Wildman–Crippen LogP) is 2.41. The molecule has 0 radical (unpaired) electrons. The minimum Gasteiger partial charge on any atom is -0.496 e. The number of aryl methyl sites for hydroxylation is 3. The minimum absolute atomic E-state index is 0.0304. The monoisotopic (exact) mass is 260 g/mol. The molecule has 5 heteroatoms. The number of hydrogen-bond acceptors (Lipinski definition) is 3. The molecule has 0 atom stereocenters. The van der Waals surface area contributed by atoms with E-state index in [1.807, 2.05) is 26.0 Å². The van der Waals surface area contributed by atoms with E-state index >= 15 is 0 Å². The van der Waals surface area contributed by atoms with E-state index in [1.165, 1.54) is 4.57 Å². The van der Waals surface area contributed by atoms with Gasteiger partial charge in [0.05, 0.1) is 12.8 Å². The third kappa shape index (κ3) is 2.31. The number of hydrogen-bond donors (Lipinski definition) is 1. The number of carboxylic acid groups (broad SMARTS) is 1. The van der Waals surface area contributed by atoms with Crippen LogP contribution in [0.4, 0.5) is 0 Å². The maximum absolute atomic E-state index is 11.0. The second-order valence-corrected chi connectivity index (χ2v) is 4.50. The Bertz CT molecular complexity index is 644. The molecule has 0 saturated carbocycles. The number of aromatic nitrogens is 2. The van der Waals surface area contributed by atoms with Gasteiger partial charge >= 0.3 is 5.97 Å². The molecular formula is C14H16N2O3. The van der Waals surface area contributed by atoms with Gasteiger partial charge in [0, 0.05) is 18.8 Å². The first-order valence-corrected chi connectivity index (χ1v) is 5.86. The van der Waals surface area contributed by atoms with Crippen molar-refractivity contribution in [1.29, 1.82) is 0 Å². The number of methoxy groups -OCH3 is 1. The number of ether oxygens (including phenoxy) is 1. The van der Waals surface area contributed by atoms with Gasteiger partial charge in [-0.1, -0.05) is 0 Å². The fourth-order valence-electron chi connectivity index (χ4n) is 2.08. The van der Waals surface area contributed by atoms with Crippen LogP contribution in [-0.2, 0) is 7.05 Å². The second kappa shape index (κ2) is 4.76. The number of rotatable bonds is 3. The van der Waals surface area contributed by atoms with Crippen LogP contribution in [0.2, 0.25) is 0 Å². The van der Waals surface area contributed by atoms with Crippen molar-refractivity contribution in [2.24, 2.45) is 7.05 Å². The Hall–Kier alpha value is -2.30. The number of aromatic carboxylic acids is 1. The summed E-state index contributed by atoms with van der Waals surface area (Å²) in [6.45, 7) is 3.90. The molecule has 0 aliphatic carbocycles. The minimum atomic E-state index is -1.03. The van der Waals surface area contributed by atoms with Crippen molar-refractivity contribution in [2.45, 2.75) is 13.8 Å². The van der Waals surface area contributed by atoms with Crippen LogP contribution in [0.15, 0.2) is 18.3 Å². The molecule has 1 aromatic carbocycles. The summed E-state index contributed by atoms with van der Waals surface area (Å²) < 4.78 is 6.77. The molecule has 0 saturated heterocycles. The lowest BCUT2D eigenvalue weighted by Crippen LogP contribution is -2.05. The lowest BCUT2D eigenvalue weighted by molar-refractivity contribution is 0.0680. The van der Waals surface area contributed by atoms with Gasteiger partial charge in [0.25, 0.3) is 0 Å². The van der Waals surface area contributed by atoms with Crippen molar-refractivity contribution in [3.8, 4) is 17.0 Å². The number of imidazole rings is 1. The summed E-state index contributed by atoms with van der Waals surface area (Å²) >= 11 is 0. The van der Waals surface area contributed by atoms with Crippen LogP contribution in [0.3, 0.4) is 0 Å². The van der Waals surface area contributed by atoms with E-state index < -0.39 is 5.97 Å². The van der Waals surface area contributed by atoms with E-state index in [0.29, 0.717) is 5.69 Å². The highest BCUT2D eigenvalue weighted by atomic mass is 16.5. The Morgan fingerprint density at radius 3 is 2.53 bits per heavy atom. The van der Waals surface area contributed by atoms with Gasteiger partial charge in [0.2, 0.25) is 5.82 Å². The van der Waals surface area contributed by atoms with Crippen LogP contribution >= 0.6 is 0 Å². The SMILES string of the molecule is COc1cc(C)c(-c2cn(C)c(C(=O)O)n2)cc1C.